The molecule has 92 valence electrons. The van der Waals surface area contributed by atoms with E-state index < -0.39 is 0 Å². The molecule has 0 amide bonds. The Morgan fingerprint density at radius 2 is 2.00 bits per heavy atom. The summed E-state index contributed by atoms with van der Waals surface area (Å²) in [6.07, 6.45) is 0. The average molecular weight is 252 g/mol. The molecule has 2 nitrogen and oxygen atoms in total. The Morgan fingerprint density at radius 1 is 1.35 bits per heavy atom. The largest absolute Gasteiger partial charge is 0.330 e. The Balaban J connectivity index is 2.67. The van der Waals surface area contributed by atoms with Crippen LogP contribution in [0.4, 0.5) is 4.39 Å². The smallest absolute Gasteiger partial charge is 0.178 e. The van der Waals surface area contributed by atoms with Gasteiger partial charge in [-0.05, 0) is 42.3 Å². The molecule has 1 aromatic heterocycles. The van der Waals surface area contributed by atoms with Crippen LogP contribution in [0.15, 0.2) is 12.1 Å². The van der Waals surface area contributed by atoms with Gasteiger partial charge in [0.2, 0.25) is 0 Å². The number of benzene rings is 1. The molecule has 1 N–H and O–H groups in total. The van der Waals surface area contributed by atoms with E-state index in [1.165, 1.54) is 6.07 Å². The van der Waals surface area contributed by atoms with Gasteiger partial charge in [-0.1, -0.05) is 20.8 Å². The van der Waals surface area contributed by atoms with Crippen molar-refractivity contribution in [2.75, 3.05) is 0 Å². The van der Waals surface area contributed by atoms with Gasteiger partial charge in [-0.2, -0.15) is 0 Å². The van der Waals surface area contributed by atoms with E-state index in [-0.39, 0.29) is 11.2 Å². The third kappa shape index (κ3) is 2.41. The highest BCUT2D eigenvalue weighted by Crippen LogP contribution is 2.23. The Bertz CT molecular complexity index is 617. The quantitative estimate of drug-likeness (QED) is 0.755. The van der Waals surface area contributed by atoms with Crippen molar-refractivity contribution in [3.63, 3.8) is 0 Å². The average Bonchev–Trinajstić information content (AvgIpc) is 2.43. The van der Waals surface area contributed by atoms with Crippen molar-refractivity contribution in [2.24, 2.45) is 5.41 Å². The number of aryl methyl sites for hydroxylation is 1. The summed E-state index contributed by atoms with van der Waals surface area (Å²) < 4.78 is 16.2. The lowest BCUT2D eigenvalue weighted by atomic mass is 9.97. The highest BCUT2D eigenvalue weighted by molar-refractivity contribution is 7.71. The number of nitrogens with zero attached hydrogens (tertiary/aromatic N) is 1. The molecule has 0 aliphatic rings. The zero-order valence-corrected chi connectivity index (χ0v) is 11.4. The molecule has 0 saturated heterocycles. The third-order valence-electron chi connectivity index (χ3n) is 2.69. The fourth-order valence-corrected chi connectivity index (χ4v) is 2.19. The minimum atomic E-state index is -0.198. The Morgan fingerprint density at radius 3 is 2.59 bits per heavy atom. The molecule has 0 unspecified atom stereocenters. The lowest BCUT2D eigenvalue weighted by Crippen LogP contribution is -2.15. The number of fused-ring (bicyclic) bond motifs is 1. The Labute approximate surface area is 105 Å². The van der Waals surface area contributed by atoms with Gasteiger partial charge in [0.05, 0.1) is 11.0 Å². The molecule has 0 spiro atoms. The topological polar surface area (TPSA) is 20.7 Å². The molecule has 0 aliphatic heterocycles. The Hall–Kier alpha value is -1.16. The second-order valence-electron chi connectivity index (χ2n) is 5.70. The first-order chi connectivity index (χ1) is 7.78. The molecule has 1 aromatic carbocycles. The summed E-state index contributed by atoms with van der Waals surface area (Å²) >= 11 is 5.29. The number of hydrogen-bond acceptors (Lipinski definition) is 1. The minimum Gasteiger partial charge on any atom is -0.330 e. The number of aromatic amines is 1. The first-order valence-corrected chi connectivity index (χ1v) is 6.07. The molecule has 0 atom stereocenters. The second kappa shape index (κ2) is 3.95. The summed E-state index contributed by atoms with van der Waals surface area (Å²) in [5, 5.41) is 0. The van der Waals surface area contributed by atoms with Gasteiger partial charge in [0, 0.05) is 6.54 Å². The van der Waals surface area contributed by atoms with Gasteiger partial charge in [-0.3, -0.25) is 0 Å². The van der Waals surface area contributed by atoms with E-state index in [1.54, 1.807) is 6.92 Å². The molecule has 0 saturated carbocycles. The molecule has 4 heteroatoms. The SMILES string of the molecule is Cc1cc2c(cc1F)[nH]c(=S)n2CC(C)(C)C. The zero-order valence-electron chi connectivity index (χ0n) is 10.6. The van der Waals surface area contributed by atoms with Gasteiger partial charge >= 0.3 is 0 Å². The monoisotopic (exact) mass is 252 g/mol. The first kappa shape index (κ1) is 12.3. The van der Waals surface area contributed by atoms with Crippen LogP contribution in [0.2, 0.25) is 0 Å². The molecule has 0 aliphatic carbocycles. The van der Waals surface area contributed by atoms with Crippen LogP contribution in [0.25, 0.3) is 11.0 Å². The summed E-state index contributed by atoms with van der Waals surface area (Å²) in [5.74, 6) is -0.198. The van der Waals surface area contributed by atoms with Crippen LogP contribution < -0.4 is 0 Å². The molecule has 0 bridgehead atoms. The maximum atomic E-state index is 13.5. The van der Waals surface area contributed by atoms with Gasteiger partial charge in [-0.15, -0.1) is 0 Å². The van der Waals surface area contributed by atoms with Crippen LogP contribution in [0, 0.1) is 22.9 Å². The molecule has 0 fully saturated rings. The van der Waals surface area contributed by atoms with E-state index in [2.05, 4.69) is 25.8 Å². The molecule has 0 radical (unpaired) electrons. The summed E-state index contributed by atoms with van der Waals surface area (Å²) in [7, 11) is 0. The van der Waals surface area contributed by atoms with E-state index in [4.69, 9.17) is 12.2 Å². The maximum absolute atomic E-state index is 13.5. The second-order valence-corrected chi connectivity index (χ2v) is 6.08. The number of rotatable bonds is 1. The summed E-state index contributed by atoms with van der Waals surface area (Å²) in [6, 6.07) is 3.36. The summed E-state index contributed by atoms with van der Waals surface area (Å²) in [5.41, 5.74) is 2.52. The number of aromatic nitrogens is 2. The normalized spacial score (nSPS) is 12.3. The molecular formula is C13H17FN2S. The highest BCUT2D eigenvalue weighted by Gasteiger charge is 2.15. The van der Waals surface area contributed by atoms with E-state index >= 15 is 0 Å². The van der Waals surface area contributed by atoms with Crippen LogP contribution in [0.5, 0.6) is 0 Å². The van der Waals surface area contributed by atoms with Gasteiger partial charge < -0.3 is 9.55 Å². The van der Waals surface area contributed by atoms with Crippen LogP contribution in [-0.2, 0) is 6.54 Å². The molecule has 1 heterocycles. The van der Waals surface area contributed by atoms with Crippen LogP contribution in [-0.4, -0.2) is 9.55 Å². The van der Waals surface area contributed by atoms with Gasteiger partial charge in [0.1, 0.15) is 5.82 Å². The summed E-state index contributed by atoms with van der Waals surface area (Å²) in [4.78, 5) is 3.06. The lowest BCUT2D eigenvalue weighted by Gasteiger charge is -2.19. The lowest BCUT2D eigenvalue weighted by molar-refractivity contribution is 0.346. The van der Waals surface area contributed by atoms with Crippen molar-refractivity contribution in [3.8, 4) is 0 Å². The van der Waals surface area contributed by atoms with Crippen molar-refractivity contribution in [1.82, 2.24) is 9.55 Å². The van der Waals surface area contributed by atoms with Crippen molar-refractivity contribution < 1.29 is 4.39 Å². The van der Waals surface area contributed by atoms with Gasteiger partial charge in [-0.25, -0.2) is 4.39 Å². The number of hydrogen-bond donors (Lipinski definition) is 1. The molecule has 2 rings (SSSR count). The van der Waals surface area contributed by atoms with Gasteiger partial charge in [0.15, 0.2) is 4.77 Å². The standard InChI is InChI=1S/C13H17FN2S/c1-8-5-11-10(6-9(8)14)15-12(17)16(11)7-13(2,3)4/h5-6H,7H2,1-4H3,(H,15,17). The van der Waals surface area contributed by atoms with Crippen LogP contribution in [0.3, 0.4) is 0 Å². The van der Waals surface area contributed by atoms with E-state index in [9.17, 15) is 4.39 Å². The Kier molecular flexibility index (Phi) is 2.86. The van der Waals surface area contributed by atoms with E-state index in [1.807, 2.05) is 10.6 Å². The van der Waals surface area contributed by atoms with Crippen molar-refractivity contribution in [2.45, 2.75) is 34.2 Å². The van der Waals surface area contributed by atoms with E-state index in [0.29, 0.717) is 10.3 Å². The fraction of sp³-hybridized carbons (Fsp3) is 0.462. The number of halogens is 1. The van der Waals surface area contributed by atoms with Gasteiger partial charge in [0.25, 0.3) is 0 Å². The van der Waals surface area contributed by atoms with Crippen LogP contribution in [0.1, 0.15) is 26.3 Å². The number of H-pyrrole nitrogens is 1. The van der Waals surface area contributed by atoms with Crippen molar-refractivity contribution >= 4 is 23.3 Å². The maximum Gasteiger partial charge on any atom is 0.178 e. The molecule has 2 aromatic rings. The first-order valence-electron chi connectivity index (χ1n) is 5.66. The van der Waals surface area contributed by atoms with Crippen molar-refractivity contribution in [1.29, 1.82) is 0 Å². The number of nitrogens with one attached hydrogen (secondary N) is 1. The van der Waals surface area contributed by atoms with E-state index in [0.717, 1.165) is 17.6 Å². The van der Waals surface area contributed by atoms with Crippen molar-refractivity contribution in [3.05, 3.63) is 28.3 Å². The fourth-order valence-electron chi connectivity index (χ4n) is 1.91. The molecule has 17 heavy (non-hydrogen) atoms. The summed E-state index contributed by atoms with van der Waals surface area (Å²) in [6.45, 7) is 9.06. The molecular weight excluding hydrogens is 235 g/mol. The predicted octanol–water partition coefficient (Wildman–Crippen LogP) is 4.19. The third-order valence-corrected chi connectivity index (χ3v) is 3.01. The van der Waals surface area contributed by atoms with Crippen LogP contribution >= 0.6 is 12.2 Å². The minimum absolute atomic E-state index is 0.135. The number of imidazole rings is 1. The zero-order chi connectivity index (χ0) is 12.8. The highest BCUT2D eigenvalue weighted by atomic mass is 32.1. The predicted molar refractivity (Wildman–Crippen MR) is 71.3 cm³/mol.